The Balaban J connectivity index is 1.94. The molecule has 7 nitrogen and oxygen atoms in total. The number of carbonyl (C=O) groups is 3. The minimum absolute atomic E-state index is 0.258. The van der Waals surface area contributed by atoms with Crippen LogP contribution in [0.3, 0.4) is 0 Å². The van der Waals surface area contributed by atoms with Gasteiger partial charge in [-0.1, -0.05) is 29.8 Å². The van der Waals surface area contributed by atoms with Crippen molar-refractivity contribution in [1.29, 1.82) is 0 Å². The van der Waals surface area contributed by atoms with Crippen molar-refractivity contribution in [3.8, 4) is 0 Å². The predicted molar refractivity (Wildman–Crippen MR) is 97.5 cm³/mol. The van der Waals surface area contributed by atoms with Crippen LogP contribution in [-0.2, 0) is 14.3 Å². The van der Waals surface area contributed by atoms with Crippen LogP contribution >= 0.6 is 11.6 Å². The smallest absolute Gasteiger partial charge is 0.312 e. The summed E-state index contributed by atoms with van der Waals surface area (Å²) in [5, 5.41) is 4.83. The fourth-order valence-corrected chi connectivity index (χ4v) is 2.58. The zero-order valence-corrected chi connectivity index (χ0v) is 15.1. The topological polar surface area (TPSA) is 111 Å². The molecule has 2 aromatic carbocycles. The van der Waals surface area contributed by atoms with Gasteiger partial charge in [0, 0.05) is 11.1 Å². The van der Waals surface area contributed by atoms with E-state index in [1.807, 2.05) is 0 Å². The summed E-state index contributed by atoms with van der Waals surface area (Å²) in [5.41, 5.74) is 5.30. The van der Waals surface area contributed by atoms with Gasteiger partial charge in [0.2, 0.25) is 0 Å². The predicted octanol–water partition coefficient (Wildman–Crippen LogP) is 2.90. The fraction of sp³-hybridized carbons (Fsp3) is 0.167. The first kappa shape index (κ1) is 21.1. The van der Waals surface area contributed by atoms with Gasteiger partial charge in [0.05, 0.1) is 18.2 Å². The van der Waals surface area contributed by atoms with Crippen LogP contribution in [-0.4, -0.2) is 24.5 Å². The van der Waals surface area contributed by atoms with Crippen LogP contribution < -0.4 is 16.4 Å². The molecule has 4 N–H and O–H groups in total. The molecular formula is C18H16ClF2N3O4. The first-order valence-electron chi connectivity index (χ1n) is 7.97. The maximum Gasteiger partial charge on any atom is 0.312 e. The number of primary amides is 1. The van der Waals surface area contributed by atoms with Gasteiger partial charge >= 0.3 is 12.0 Å². The van der Waals surface area contributed by atoms with E-state index >= 15 is 0 Å². The Morgan fingerprint density at radius 3 is 2.50 bits per heavy atom. The number of ether oxygens (including phenoxy) is 1. The molecule has 0 aromatic heterocycles. The monoisotopic (exact) mass is 411 g/mol. The summed E-state index contributed by atoms with van der Waals surface area (Å²) in [6, 6.07) is 7.37. The van der Waals surface area contributed by atoms with E-state index in [1.54, 1.807) is 24.3 Å². The molecular weight excluding hydrogens is 396 g/mol. The molecule has 3 amide bonds. The maximum absolute atomic E-state index is 13.5. The number of esters is 1. The number of halogens is 3. The Bertz CT molecular complexity index is 895. The molecule has 0 saturated carbocycles. The molecule has 1 atom stereocenters. The van der Waals surface area contributed by atoms with Gasteiger partial charge in [-0.05, 0) is 23.8 Å². The van der Waals surface area contributed by atoms with Gasteiger partial charge in [0.15, 0.2) is 6.61 Å². The minimum atomic E-state index is -0.968. The summed E-state index contributed by atoms with van der Waals surface area (Å²) in [5.74, 6) is -3.41. The maximum atomic E-state index is 13.5. The molecule has 28 heavy (non-hydrogen) atoms. The second-order valence-electron chi connectivity index (χ2n) is 5.62. The number of hydrogen-bond donors (Lipinski definition) is 3. The van der Waals surface area contributed by atoms with Crippen molar-refractivity contribution in [3.63, 3.8) is 0 Å². The Kier molecular flexibility index (Phi) is 7.28. The number of rotatable bonds is 7. The van der Waals surface area contributed by atoms with Crippen LogP contribution in [0.15, 0.2) is 42.5 Å². The van der Waals surface area contributed by atoms with Crippen molar-refractivity contribution in [2.75, 3.05) is 11.9 Å². The average molecular weight is 412 g/mol. The Morgan fingerprint density at radius 1 is 1.14 bits per heavy atom. The third kappa shape index (κ3) is 6.20. The van der Waals surface area contributed by atoms with Gasteiger partial charge in [0.1, 0.15) is 11.6 Å². The highest BCUT2D eigenvalue weighted by Gasteiger charge is 2.21. The van der Waals surface area contributed by atoms with E-state index in [1.165, 1.54) is 0 Å². The highest BCUT2D eigenvalue weighted by molar-refractivity contribution is 6.31. The van der Waals surface area contributed by atoms with Crippen LogP contribution in [0.2, 0.25) is 5.02 Å². The Hall–Kier alpha value is -3.20. The zero-order valence-electron chi connectivity index (χ0n) is 14.4. The molecule has 1 unspecified atom stereocenters. The molecule has 2 rings (SSSR count). The summed E-state index contributed by atoms with van der Waals surface area (Å²) in [4.78, 5) is 35.0. The van der Waals surface area contributed by atoms with Crippen molar-refractivity contribution in [3.05, 3.63) is 64.7 Å². The quantitative estimate of drug-likeness (QED) is 0.608. The van der Waals surface area contributed by atoms with Crippen LogP contribution in [0.4, 0.5) is 19.3 Å². The number of nitrogens with one attached hydrogen (secondary N) is 2. The van der Waals surface area contributed by atoms with Crippen LogP contribution in [0.1, 0.15) is 18.0 Å². The molecule has 10 heteroatoms. The van der Waals surface area contributed by atoms with Gasteiger partial charge in [-0.2, -0.15) is 0 Å². The third-order valence-electron chi connectivity index (χ3n) is 3.54. The average Bonchev–Trinajstić information content (AvgIpc) is 2.62. The summed E-state index contributed by atoms with van der Waals surface area (Å²) < 4.78 is 31.2. The van der Waals surface area contributed by atoms with E-state index < -0.39 is 42.2 Å². The number of nitrogens with two attached hydrogens (primary N) is 1. The van der Waals surface area contributed by atoms with Gasteiger partial charge in [0.25, 0.3) is 5.91 Å². The summed E-state index contributed by atoms with van der Waals surface area (Å²) in [6.45, 7) is -0.707. The number of amides is 3. The number of benzene rings is 2. The molecule has 0 aliphatic rings. The van der Waals surface area contributed by atoms with Gasteiger partial charge in [-0.25, -0.2) is 13.6 Å². The molecule has 2 aromatic rings. The second kappa shape index (κ2) is 9.65. The van der Waals surface area contributed by atoms with E-state index in [4.69, 9.17) is 22.1 Å². The van der Waals surface area contributed by atoms with Crippen molar-refractivity contribution in [1.82, 2.24) is 5.32 Å². The minimum Gasteiger partial charge on any atom is -0.455 e. The van der Waals surface area contributed by atoms with Gasteiger partial charge in [-0.3, -0.25) is 9.59 Å². The summed E-state index contributed by atoms with van der Waals surface area (Å²) in [7, 11) is 0. The highest BCUT2D eigenvalue weighted by atomic mass is 35.5. The lowest BCUT2D eigenvalue weighted by Crippen LogP contribution is -2.35. The molecule has 0 saturated heterocycles. The Morgan fingerprint density at radius 2 is 1.86 bits per heavy atom. The summed E-state index contributed by atoms with van der Waals surface area (Å²) >= 11 is 6.06. The highest BCUT2D eigenvalue weighted by Crippen LogP contribution is 2.25. The van der Waals surface area contributed by atoms with Crippen LogP contribution in [0, 0.1) is 11.6 Å². The first-order valence-corrected chi connectivity index (χ1v) is 8.35. The molecule has 0 aliphatic carbocycles. The lowest BCUT2D eigenvalue weighted by atomic mass is 10.0. The standard InChI is InChI=1S/C18H16ClF2N3O4/c19-12-4-2-1-3-11(12)15(24-18(22)27)8-17(26)28-9-16(25)23-14-6-5-10(20)7-13(14)21/h1-7,15H,8-9H2,(H,23,25)(H3,22,24,27). The molecule has 0 heterocycles. The number of anilines is 1. The molecule has 0 bridgehead atoms. The molecule has 0 aliphatic heterocycles. The van der Waals surface area contributed by atoms with Crippen LogP contribution in [0.25, 0.3) is 0 Å². The van der Waals surface area contributed by atoms with Crippen molar-refractivity contribution < 1.29 is 27.9 Å². The van der Waals surface area contributed by atoms with Gasteiger partial charge in [-0.15, -0.1) is 0 Å². The van der Waals surface area contributed by atoms with E-state index in [2.05, 4.69) is 10.6 Å². The molecule has 0 fully saturated rings. The number of carbonyl (C=O) groups excluding carboxylic acids is 3. The number of urea groups is 1. The van der Waals surface area contributed by atoms with Crippen LogP contribution in [0.5, 0.6) is 0 Å². The first-order chi connectivity index (χ1) is 13.3. The zero-order chi connectivity index (χ0) is 20.7. The second-order valence-corrected chi connectivity index (χ2v) is 6.03. The normalized spacial score (nSPS) is 11.4. The van der Waals surface area contributed by atoms with Crippen molar-refractivity contribution in [2.45, 2.75) is 12.5 Å². The largest absolute Gasteiger partial charge is 0.455 e. The van der Waals surface area contributed by atoms with Crippen molar-refractivity contribution in [2.24, 2.45) is 5.73 Å². The van der Waals surface area contributed by atoms with Crippen molar-refractivity contribution >= 4 is 35.2 Å². The van der Waals surface area contributed by atoms with Gasteiger partial charge < -0.3 is 21.1 Å². The third-order valence-corrected chi connectivity index (χ3v) is 3.88. The lowest BCUT2D eigenvalue weighted by Gasteiger charge is -2.18. The summed E-state index contributed by atoms with van der Waals surface area (Å²) in [6.07, 6.45) is -0.342. The fourth-order valence-electron chi connectivity index (χ4n) is 2.32. The lowest BCUT2D eigenvalue weighted by molar-refractivity contribution is -0.147. The molecule has 0 spiro atoms. The van der Waals surface area contributed by atoms with E-state index in [-0.39, 0.29) is 12.1 Å². The molecule has 148 valence electrons. The number of hydrogen-bond acceptors (Lipinski definition) is 4. The Labute approximate surface area is 163 Å². The van der Waals surface area contributed by atoms with E-state index in [0.29, 0.717) is 16.7 Å². The van der Waals surface area contributed by atoms with E-state index in [9.17, 15) is 23.2 Å². The van der Waals surface area contributed by atoms with E-state index in [0.717, 1.165) is 12.1 Å². The SMILES string of the molecule is NC(=O)NC(CC(=O)OCC(=O)Nc1ccc(F)cc1F)c1ccccc1Cl. The molecule has 0 radical (unpaired) electrons.